The Morgan fingerprint density at radius 1 is 1.32 bits per heavy atom. The number of ether oxygens (including phenoxy) is 2. The number of hydrogen-bond donors (Lipinski definition) is 0. The molecule has 0 N–H and O–H groups in total. The van der Waals surface area contributed by atoms with Crippen molar-refractivity contribution in [3.8, 4) is 0 Å². The molecule has 1 saturated heterocycles. The molecule has 31 heavy (non-hydrogen) atoms. The van der Waals surface area contributed by atoms with E-state index in [1.54, 1.807) is 6.92 Å². The first-order valence-corrected chi connectivity index (χ1v) is 11.2. The van der Waals surface area contributed by atoms with Gasteiger partial charge in [-0.15, -0.1) is 0 Å². The van der Waals surface area contributed by atoms with Crippen molar-refractivity contribution in [3.63, 3.8) is 0 Å². The summed E-state index contributed by atoms with van der Waals surface area (Å²) in [4.78, 5) is 35.6. The molecule has 1 aromatic carbocycles. The molecule has 8 nitrogen and oxygen atoms in total. The maximum atomic E-state index is 12.9. The number of aromatic nitrogens is 3. The van der Waals surface area contributed by atoms with Crippen LogP contribution in [0.15, 0.2) is 23.0 Å². The molecule has 10 heteroatoms. The Labute approximate surface area is 188 Å². The molecule has 0 spiro atoms. The predicted octanol–water partition coefficient (Wildman–Crippen LogP) is 3.32. The van der Waals surface area contributed by atoms with E-state index in [4.69, 9.17) is 26.1 Å². The van der Waals surface area contributed by atoms with Crippen molar-refractivity contribution in [2.24, 2.45) is 0 Å². The van der Waals surface area contributed by atoms with Gasteiger partial charge in [0.2, 0.25) is 0 Å². The van der Waals surface area contributed by atoms with Crippen LogP contribution in [0, 0.1) is 6.92 Å². The Morgan fingerprint density at radius 3 is 2.77 bits per heavy atom. The number of rotatable bonds is 5. The highest BCUT2D eigenvalue weighted by Gasteiger charge is 2.24. The molecule has 3 aromatic rings. The van der Waals surface area contributed by atoms with E-state index in [1.807, 2.05) is 29.7 Å². The summed E-state index contributed by atoms with van der Waals surface area (Å²) in [5, 5.41) is 1.41. The molecular formula is C21H23ClN4O4S. The molecule has 4 rings (SSSR count). The molecular weight excluding hydrogens is 440 g/mol. The third-order valence-corrected chi connectivity index (χ3v) is 6.74. The van der Waals surface area contributed by atoms with Crippen molar-refractivity contribution in [2.75, 3.05) is 31.2 Å². The molecule has 2 aromatic heterocycles. The van der Waals surface area contributed by atoms with Crippen LogP contribution in [-0.2, 0) is 20.8 Å². The van der Waals surface area contributed by atoms with Gasteiger partial charge in [-0.05, 0) is 31.0 Å². The fourth-order valence-electron chi connectivity index (χ4n) is 3.60. The van der Waals surface area contributed by atoms with E-state index >= 15 is 0 Å². The summed E-state index contributed by atoms with van der Waals surface area (Å²) in [6, 6.07) is 5.69. The monoisotopic (exact) mass is 462 g/mol. The first-order chi connectivity index (χ1) is 14.8. The Balaban J connectivity index is 1.88. The van der Waals surface area contributed by atoms with Crippen LogP contribution in [0.5, 0.6) is 0 Å². The number of hydrogen-bond acceptors (Lipinski definition) is 8. The normalized spacial score (nSPS) is 15.3. The van der Waals surface area contributed by atoms with E-state index in [-0.39, 0.29) is 5.56 Å². The molecule has 0 saturated carbocycles. The minimum absolute atomic E-state index is 0.353. The zero-order valence-corrected chi connectivity index (χ0v) is 19.1. The van der Waals surface area contributed by atoms with Gasteiger partial charge in [-0.2, -0.15) is 4.98 Å². The van der Waals surface area contributed by atoms with Gasteiger partial charge < -0.3 is 18.9 Å². The van der Waals surface area contributed by atoms with Gasteiger partial charge >= 0.3 is 5.97 Å². The van der Waals surface area contributed by atoms with Crippen molar-refractivity contribution in [1.82, 2.24) is 14.5 Å². The van der Waals surface area contributed by atoms with Gasteiger partial charge in [0, 0.05) is 25.0 Å². The van der Waals surface area contributed by atoms with Crippen molar-refractivity contribution >= 4 is 44.4 Å². The lowest BCUT2D eigenvalue weighted by atomic mass is 10.1. The van der Waals surface area contributed by atoms with Gasteiger partial charge in [0.1, 0.15) is 4.70 Å². The standard InChI is InChI=1S/C21H23ClN4O4S/c1-12-15(5-4-6-16(12)22)11-26-18(13(2)30-14(3)27)23-20(28)17-19(26)24-21(31-17)25-7-9-29-10-8-25/h4-6,13H,7-11H2,1-3H3. The van der Waals surface area contributed by atoms with E-state index in [0.29, 0.717) is 54.0 Å². The summed E-state index contributed by atoms with van der Waals surface area (Å²) in [6.07, 6.45) is -0.706. The Kier molecular flexibility index (Phi) is 6.27. The average Bonchev–Trinajstić information content (AvgIpc) is 3.19. The zero-order valence-electron chi connectivity index (χ0n) is 17.6. The van der Waals surface area contributed by atoms with Crippen LogP contribution in [0.2, 0.25) is 5.02 Å². The van der Waals surface area contributed by atoms with E-state index in [1.165, 1.54) is 18.3 Å². The van der Waals surface area contributed by atoms with Gasteiger partial charge in [-0.25, -0.2) is 4.98 Å². The molecule has 1 aliphatic heterocycles. The largest absolute Gasteiger partial charge is 0.455 e. The molecule has 0 aliphatic carbocycles. The number of morpholine rings is 1. The second-order valence-corrected chi connectivity index (χ2v) is 8.77. The highest BCUT2D eigenvalue weighted by Crippen LogP contribution is 2.30. The summed E-state index contributed by atoms with van der Waals surface area (Å²) in [5.41, 5.74) is 2.06. The topological polar surface area (TPSA) is 86.6 Å². The number of fused-ring (bicyclic) bond motifs is 1. The number of anilines is 1. The molecule has 0 radical (unpaired) electrons. The summed E-state index contributed by atoms with van der Waals surface area (Å²) >= 11 is 7.65. The van der Waals surface area contributed by atoms with E-state index in [2.05, 4.69) is 9.88 Å². The summed E-state index contributed by atoms with van der Waals surface area (Å²) < 4.78 is 13.1. The SMILES string of the molecule is CC(=O)OC(C)c1nc(=O)c2sc(N3CCOCC3)nc2n1Cc1cccc(Cl)c1C. The maximum Gasteiger partial charge on any atom is 0.303 e. The van der Waals surface area contributed by atoms with Gasteiger partial charge in [-0.1, -0.05) is 35.1 Å². The van der Waals surface area contributed by atoms with Crippen LogP contribution in [0.1, 0.15) is 36.9 Å². The number of nitrogens with zero attached hydrogens (tertiary/aromatic N) is 4. The first kappa shape index (κ1) is 21.7. The van der Waals surface area contributed by atoms with Gasteiger partial charge in [-0.3, -0.25) is 9.59 Å². The van der Waals surface area contributed by atoms with Crippen molar-refractivity contribution < 1.29 is 14.3 Å². The number of carbonyl (C=O) groups excluding carboxylic acids is 1. The minimum atomic E-state index is -0.706. The summed E-state index contributed by atoms with van der Waals surface area (Å²) in [6.45, 7) is 8.04. The van der Waals surface area contributed by atoms with Crippen LogP contribution in [-0.4, -0.2) is 46.8 Å². The average molecular weight is 463 g/mol. The molecule has 1 atom stereocenters. The van der Waals surface area contributed by atoms with E-state index < -0.39 is 12.1 Å². The van der Waals surface area contributed by atoms with Crippen molar-refractivity contribution in [3.05, 3.63) is 50.5 Å². The zero-order chi connectivity index (χ0) is 22.1. The number of thiazole rings is 1. The molecule has 3 heterocycles. The molecule has 1 aliphatic rings. The Bertz CT molecular complexity index is 1190. The van der Waals surface area contributed by atoms with Crippen LogP contribution in [0.3, 0.4) is 0 Å². The third kappa shape index (κ3) is 4.44. The van der Waals surface area contributed by atoms with Crippen LogP contribution >= 0.6 is 22.9 Å². The van der Waals surface area contributed by atoms with Crippen LogP contribution < -0.4 is 10.5 Å². The Hall–Kier alpha value is -2.49. The van der Waals surface area contributed by atoms with Crippen molar-refractivity contribution in [2.45, 2.75) is 33.4 Å². The number of esters is 1. The van der Waals surface area contributed by atoms with Crippen LogP contribution in [0.4, 0.5) is 5.13 Å². The molecule has 164 valence electrons. The highest BCUT2D eigenvalue weighted by atomic mass is 35.5. The highest BCUT2D eigenvalue weighted by molar-refractivity contribution is 7.22. The first-order valence-electron chi connectivity index (χ1n) is 10.0. The molecule has 1 fully saturated rings. The smallest absolute Gasteiger partial charge is 0.303 e. The molecule has 1 unspecified atom stereocenters. The predicted molar refractivity (Wildman–Crippen MR) is 120 cm³/mol. The second-order valence-electron chi connectivity index (χ2n) is 7.39. The summed E-state index contributed by atoms with van der Waals surface area (Å²) in [7, 11) is 0. The lowest BCUT2D eigenvalue weighted by molar-refractivity contribution is -0.146. The quantitative estimate of drug-likeness (QED) is 0.537. The lowest BCUT2D eigenvalue weighted by Crippen LogP contribution is -2.36. The number of benzene rings is 1. The van der Waals surface area contributed by atoms with Gasteiger partial charge in [0.15, 0.2) is 22.7 Å². The van der Waals surface area contributed by atoms with Gasteiger partial charge in [0.05, 0.1) is 19.8 Å². The number of halogens is 1. The number of carbonyl (C=O) groups is 1. The van der Waals surface area contributed by atoms with Crippen molar-refractivity contribution in [1.29, 1.82) is 0 Å². The molecule has 0 amide bonds. The van der Waals surface area contributed by atoms with E-state index in [0.717, 1.165) is 16.3 Å². The fraction of sp³-hybridized carbons (Fsp3) is 0.429. The lowest BCUT2D eigenvalue weighted by Gasteiger charge is -2.25. The fourth-order valence-corrected chi connectivity index (χ4v) is 4.80. The van der Waals surface area contributed by atoms with E-state index in [9.17, 15) is 9.59 Å². The molecule has 0 bridgehead atoms. The minimum Gasteiger partial charge on any atom is -0.455 e. The van der Waals surface area contributed by atoms with Crippen LogP contribution in [0.25, 0.3) is 10.3 Å². The van der Waals surface area contributed by atoms with Gasteiger partial charge in [0.25, 0.3) is 5.56 Å². The Morgan fingerprint density at radius 2 is 2.06 bits per heavy atom. The summed E-state index contributed by atoms with van der Waals surface area (Å²) in [5.74, 6) is -0.0921. The third-order valence-electron chi connectivity index (χ3n) is 5.24. The maximum absolute atomic E-state index is 12.9. The second kappa shape index (κ2) is 8.94.